The molecule has 0 saturated carbocycles. The fourth-order valence-electron chi connectivity index (χ4n) is 3.37. The molecule has 0 bridgehead atoms. The quantitative estimate of drug-likeness (QED) is 0.753. The second-order valence-corrected chi connectivity index (χ2v) is 6.83. The summed E-state index contributed by atoms with van der Waals surface area (Å²) < 4.78 is 5.39. The zero-order valence-corrected chi connectivity index (χ0v) is 14.8. The van der Waals surface area contributed by atoms with Gasteiger partial charge in [-0.25, -0.2) is 4.79 Å². The predicted octanol–water partition coefficient (Wildman–Crippen LogP) is 0.535. The smallest absolute Gasteiger partial charge is 0.315 e. The summed E-state index contributed by atoms with van der Waals surface area (Å²) in [5.74, 6) is 0.550. The molecule has 25 heavy (non-hydrogen) atoms. The maximum atomic E-state index is 11.9. The Morgan fingerprint density at radius 3 is 2.84 bits per heavy atom. The molecule has 0 aromatic carbocycles. The number of hydrogen-bond donors (Lipinski definition) is 2. The lowest BCUT2D eigenvalue weighted by Gasteiger charge is -2.28. The van der Waals surface area contributed by atoms with Gasteiger partial charge in [-0.15, -0.1) is 0 Å². The highest BCUT2D eigenvalue weighted by atomic mass is 16.5. The van der Waals surface area contributed by atoms with E-state index in [9.17, 15) is 4.79 Å². The number of morpholine rings is 1. The fourth-order valence-corrected chi connectivity index (χ4v) is 3.37. The van der Waals surface area contributed by atoms with Gasteiger partial charge in [-0.2, -0.15) is 0 Å². The summed E-state index contributed by atoms with van der Waals surface area (Å²) in [4.78, 5) is 20.9. The molecule has 2 N–H and O–H groups in total. The summed E-state index contributed by atoms with van der Waals surface area (Å²) in [6, 6.07) is 3.73. The average Bonchev–Trinajstić information content (AvgIpc) is 3.13. The molecule has 1 unspecified atom stereocenters. The number of aromatic nitrogens is 1. The first kappa shape index (κ1) is 18.1. The molecule has 138 valence electrons. The highest BCUT2D eigenvalue weighted by molar-refractivity contribution is 5.73. The number of ether oxygens (including phenoxy) is 1. The number of pyridine rings is 1. The summed E-state index contributed by atoms with van der Waals surface area (Å²) >= 11 is 0. The van der Waals surface area contributed by atoms with E-state index in [1.54, 1.807) is 12.4 Å². The molecule has 1 atom stereocenters. The number of carbonyl (C=O) groups excluding carboxylic acids is 1. The monoisotopic (exact) mass is 347 g/mol. The Kier molecular flexibility index (Phi) is 7.02. The first-order chi connectivity index (χ1) is 12.3. The van der Waals surface area contributed by atoms with Crippen LogP contribution in [0.1, 0.15) is 12.0 Å². The number of amides is 2. The van der Waals surface area contributed by atoms with Crippen LogP contribution in [0.5, 0.6) is 0 Å². The third kappa shape index (κ3) is 6.26. The molecule has 1 aromatic heterocycles. The van der Waals surface area contributed by atoms with Crippen molar-refractivity contribution in [1.82, 2.24) is 25.4 Å². The molecule has 0 spiro atoms. The van der Waals surface area contributed by atoms with Crippen LogP contribution in [0.15, 0.2) is 24.5 Å². The minimum Gasteiger partial charge on any atom is -0.379 e. The molecule has 2 fully saturated rings. The fraction of sp³-hybridized carbons (Fsp3) is 0.667. The van der Waals surface area contributed by atoms with Crippen LogP contribution in [-0.4, -0.2) is 79.8 Å². The van der Waals surface area contributed by atoms with E-state index in [0.717, 1.165) is 71.0 Å². The molecule has 1 aromatic rings. The number of rotatable bonds is 7. The molecule has 7 nitrogen and oxygen atoms in total. The molecule has 2 saturated heterocycles. The molecule has 3 heterocycles. The predicted molar refractivity (Wildman–Crippen MR) is 96.3 cm³/mol. The Morgan fingerprint density at radius 2 is 2.04 bits per heavy atom. The molecule has 2 aliphatic heterocycles. The number of urea groups is 1. The number of likely N-dealkylation sites (tertiary alicyclic amines) is 1. The van der Waals surface area contributed by atoms with Crippen molar-refractivity contribution < 1.29 is 9.53 Å². The summed E-state index contributed by atoms with van der Waals surface area (Å²) in [6.45, 7) is 9.52. The van der Waals surface area contributed by atoms with Crippen LogP contribution in [0.3, 0.4) is 0 Å². The van der Waals surface area contributed by atoms with Crippen LogP contribution in [0.25, 0.3) is 0 Å². The van der Waals surface area contributed by atoms with E-state index in [1.165, 1.54) is 0 Å². The van der Waals surface area contributed by atoms with Gasteiger partial charge in [-0.05, 0) is 30.5 Å². The number of carbonyl (C=O) groups is 1. The van der Waals surface area contributed by atoms with Gasteiger partial charge in [0.2, 0.25) is 0 Å². The van der Waals surface area contributed by atoms with E-state index >= 15 is 0 Å². The van der Waals surface area contributed by atoms with E-state index in [-0.39, 0.29) is 6.03 Å². The normalized spacial score (nSPS) is 22.0. The van der Waals surface area contributed by atoms with Crippen molar-refractivity contribution in [1.29, 1.82) is 0 Å². The second kappa shape index (κ2) is 9.70. The molecule has 2 amide bonds. The largest absolute Gasteiger partial charge is 0.379 e. The summed E-state index contributed by atoms with van der Waals surface area (Å²) in [5, 5.41) is 5.88. The third-order valence-corrected chi connectivity index (χ3v) is 4.93. The molecule has 0 radical (unpaired) electrons. The molecule has 7 heteroatoms. The van der Waals surface area contributed by atoms with Crippen LogP contribution in [-0.2, 0) is 11.3 Å². The second-order valence-electron chi connectivity index (χ2n) is 6.83. The minimum atomic E-state index is -0.101. The highest BCUT2D eigenvalue weighted by Gasteiger charge is 2.23. The van der Waals surface area contributed by atoms with Gasteiger partial charge in [0, 0.05) is 58.2 Å². The van der Waals surface area contributed by atoms with Crippen molar-refractivity contribution in [3.63, 3.8) is 0 Å². The van der Waals surface area contributed by atoms with E-state index in [1.807, 2.05) is 12.1 Å². The maximum Gasteiger partial charge on any atom is 0.315 e. The Hall–Kier alpha value is -1.70. The average molecular weight is 347 g/mol. The SMILES string of the molecule is O=C(NCc1cccnc1)NCC1CCN(CCN2CCOCC2)C1. The summed E-state index contributed by atoms with van der Waals surface area (Å²) in [7, 11) is 0. The van der Waals surface area contributed by atoms with Gasteiger partial charge in [-0.1, -0.05) is 6.07 Å². The standard InChI is InChI=1S/C18H29N5O2/c24-18(20-13-16-2-1-4-19-12-16)21-14-17-3-5-23(15-17)7-6-22-8-10-25-11-9-22/h1-2,4,12,17H,3,5-11,13-15H2,(H2,20,21,24). The van der Waals surface area contributed by atoms with Crippen molar-refractivity contribution >= 4 is 6.03 Å². The lowest BCUT2D eigenvalue weighted by atomic mass is 10.1. The minimum absolute atomic E-state index is 0.101. The molecule has 0 aliphatic carbocycles. The Balaban J connectivity index is 1.27. The van der Waals surface area contributed by atoms with Gasteiger partial charge in [0.05, 0.1) is 13.2 Å². The van der Waals surface area contributed by atoms with E-state index in [4.69, 9.17) is 4.74 Å². The number of nitrogens with zero attached hydrogens (tertiary/aromatic N) is 3. The first-order valence-corrected chi connectivity index (χ1v) is 9.22. The molecular weight excluding hydrogens is 318 g/mol. The van der Waals surface area contributed by atoms with Crippen LogP contribution in [0, 0.1) is 5.92 Å². The van der Waals surface area contributed by atoms with Gasteiger partial charge in [0.25, 0.3) is 0 Å². The van der Waals surface area contributed by atoms with Crippen molar-refractivity contribution in [3.8, 4) is 0 Å². The van der Waals surface area contributed by atoms with E-state index in [0.29, 0.717) is 12.5 Å². The zero-order valence-electron chi connectivity index (χ0n) is 14.8. The van der Waals surface area contributed by atoms with Crippen LogP contribution >= 0.6 is 0 Å². The number of nitrogens with one attached hydrogen (secondary N) is 2. The van der Waals surface area contributed by atoms with Crippen LogP contribution in [0.2, 0.25) is 0 Å². The Bertz CT molecular complexity index is 521. The van der Waals surface area contributed by atoms with Crippen molar-refractivity contribution in [2.75, 3.05) is 59.0 Å². The third-order valence-electron chi connectivity index (χ3n) is 4.93. The first-order valence-electron chi connectivity index (χ1n) is 9.22. The maximum absolute atomic E-state index is 11.9. The number of hydrogen-bond acceptors (Lipinski definition) is 5. The van der Waals surface area contributed by atoms with Gasteiger partial charge in [0.1, 0.15) is 0 Å². The van der Waals surface area contributed by atoms with Gasteiger partial charge in [0.15, 0.2) is 0 Å². The van der Waals surface area contributed by atoms with Crippen molar-refractivity contribution in [3.05, 3.63) is 30.1 Å². The van der Waals surface area contributed by atoms with Gasteiger partial charge in [-0.3, -0.25) is 9.88 Å². The van der Waals surface area contributed by atoms with Crippen LogP contribution in [0.4, 0.5) is 4.79 Å². The molecule has 2 aliphatic rings. The Morgan fingerprint density at radius 1 is 1.20 bits per heavy atom. The lowest BCUT2D eigenvalue weighted by molar-refractivity contribution is 0.0343. The van der Waals surface area contributed by atoms with Gasteiger partial charge >= 0.3 is 6.03 Å². The van der Waals surface area contributed by atoms with E-state index in [2.05, 4.69) is 25.4 Å². The Labute approximate surface area is 149 Å². The topological polar surface area (TPSA) is 69.7 Å². The van der Waals surface area contributed by atoms with Gasteiger partial charge < -0.3 is 20.3 Å². The van der Waals surface area contributed by atoms with E-state index < -0.39 is 0 Å². The van der Waals surface area contributed by atoms with Crippen molar-refractivity contribution in [2.45, 2.75) is 13.0 Å². The van der Waals surface area contributed by atoms with Crippen molar-refractivity contribution in [2.24, 2.45) is 5.92 Å². The zero-order chi connectivity index (χ0) is 17.3. The van der Waals surface area contributed by atoms with Crippen LogP contribution < -0.4 is 10.6 Å². The highest BCUT2D eigenvalue weighted by Crippen LogP contribution is 2.15. The lowest BCUT2D eigenvalue weighted by Crippen LogP contribution is -2.41. The molecule has 3 rings (SSSR count). The summed E-state index contributed by atoms with van der Waals surface area (Å²) in [6.07, 6.45) is 4.66. The summed E-state index contributed by atoms with van der Waals surface area (Å²) in [5.41, 5.74) is 1.01. The molecular formula is C18H29N5O2.